The highest BCUT2D eigenvalue weighted by Crippen LogP contribution is 2.31. The number of nitrogens with zero attached hydrogens (tertiary/aromatic N) is 1. The number of rotatable bonds is 3. The van der Waals surface area contributed by atoms with E-state index in [4.69, 9.17) is 5.73 Å². The molecule has 0 saturated carbocycles. The fraction of sp³-hybridized carbons (Fsp3) is 0. The van der Waals surface area contributed by atoms with E-state index in [-0.39, 0.29) is 0 Å². The van der Waals surface area contributed by atoms with Gasteiger partial charge in [-0.25, -0.2) is 4.98 Å². The fourth-order valence-corrected chi connectivity index (χ4v) is 1.80. The average molecular weight is 184 g/mol. The number of hydrogen-bond acceptors (Lipinski definition) is 4. The van der Waals surface area contributed by atoms with Crippen molar-refractivity contribution in [1.29, 1.82) is 0 Å². The molecule has 1 aromatic rings. The number of nitrogens with two attached hydrogens (primary N) is 1. The Morgan fingerprint density at radius 2 is 2.36 bits per heavy atom. The summed E-state index contributed by atoms with van der Waals surface area (Å²) in [6, 6.07) is 5.75. The minimum atomic E-state index is 0.598. The standard InChI is InChI=1S/C7H8N2S2/c1-6(8)10-11-7-4-2-3-5-9-7/h2-5H,1,8H2. The Morgan fingerprint density at radius 1 is 1.55 bits per heavy atom. The third-order valence-electron chi connectivity index (χ3n) is 0.872. The topological polar surface area (TPSA) is 38.9 Å². The van der Waals surface area contributed by atoms with E-state index >= 15 is 0 Å². The number of aromatic nitrogens is 1. The van der Waals surface area contributed by atoms with Crippen molar-refractivity contribution in [1.82, 2.24) is 4.98 Å². The molecule has 0 saturated heterocycles. The summed E-state index contributed by atoms with van der Waals surface area (Å²) in [4.78, 5) is 4.10. The van der Waals surface area contributed by atoms with Gasteiger partial charge in [0, 0.05) is 6.20 Å². The molecular weight excluding hydrogens is 176 g/mol. The number of hydrogen-bond donors (Lipinski definition) is 1. The fourth-order valence-electron chi connectivity index (χ4n) is 0.493. The van der Waals surface area contributed by atoms with Gasteiger partial charge in [0.05, 0.1) is 5.03 Å². The van der Waals surface area contributed by atoms with E-state index in [2.05, 4.69) is 11.6 Å². The summed E-state index contributed by atoms with van der Waals surface area (Å²) in [5, 5.41) is 1.55. The Labute approximate surface area is 73.7 Å². The predicted octanol–water partition coefficient (Wildman–Crippen LogP) is 2.25. The second kappa shape index (κ2) is 4.31. The van der Waals surface area contributed by atoms with Crippen LogP contribution < -0.4 is 5.73 Å². The highest BCUT2D eigenvalue weighted by atomic mass is 33.1. The molecule has 0 fully saturated rings. The van der Waals surface area contributed by atoms with Crippen molar-refractivity contribution < 1.29 is 0 Å². The molecule has 0 bridgehead atoms. The van der Waals surface area contributed by atoms with Crippen LogP contribution in [0.5, 0.6) is 0 Å². The molecule has 0 radical (unpaired) electrons. The van der Waals surface area contributed by atoms with Crippen LogP contribution in [0.1, 0.15) is 0 Å². The highest BCUT2D eigenvalue weighted by molar-refractivity contribution is 8.78. The molecule has 11 heavy (non-hydrogen) atoms. The minimum absolute atomic E-state index is 0.598. The van der Waals surface area contributed by atoms with Crippen molar-refractivity contribution >= 4 is 21.6 Å². The Balaban J connectivity index is 2.45. The van der Waals surface area contributed by atoms with Crippen molar-refractivity contribution in [2.24, 2.45) is 5.73 Å². The summed E-state index contributed by atoms with van der Waals surface area (Å²) in [6.07, 6.45) is 1.75. The molecule has 1 aromatic heterocycles. The van der Waals surface area contributed by atoms with Gasteiger partial charge < -0.3 is 5.73 Å². The minimum Gasteiger partial charge on any atom is -0.393 e. The second-order valence-electron chi connectivity index (χ2n) is 1.80. The zero-order valence-corrected chi connectivity index (χ0v) is 7.49. The smallest absolute Gasteiger partial charge is 0.107 e. The first kappa shape index (κ1) is 8.49. The first-order valence-electron chi connectivity index (χ1n) is 2.99. The lowest BCUT2D eigenvalue weighted by Gasteiger charge is -1.96. The maximum absolute atomic E-state index is 5.36. The van der Waals surface area contributed by atoms with Gasteiger partial charge in [-0.1, -0.05) is 12.6 Å². The lowest BCUT2D eigenvalue weighted by molar-refractivity contribution is 1.14. The summed E-state index contributed by atoms with van der Waals surface area (Å²) in [7, 11) is 2.93. The van der Waals surface area contributed by atoms with Gasteiger partial charge in [0.1, 0.15) is 5.03 Å². The van der Waals surface area contributed by atoms with Crippen LogP contribution in [-0.4, -0.2) is 4.98 Å². The third kappa shape index (κ3) is 3.34. The summed E-state index contributed by atoms with van der Waals surface area (Å²) < 4.78 is 0. The Hall–Kier alpha value is -0.610. The maximum Gasteiger partial charge on any atom is 0.107 e. The van der Waals surface area contributed by atoms with E-state index in [1.54, 1.807) is 6.20 Å². The van der Waals surface area contributed by atoms with E-state index in [1.807, 2.05) is 18.2 Å². The monoisotopic (exact) mass is 184 g/mol. The predicted molar refractivity (Wildman–Crippen MR) is 51.0 cm³/mol. The first-order chi connectivity index (χ1) is 5.29. The van der Waals surface area contributed by atoms with Gasteiger partial charge in [0.2, 0.25) is 0 Å². The highest BCUT2D eigenvalue weighted by Gasteiger charge is 1.93. The molecule has 0 aromatic carbocycles. The molecule has 2 nitrogen and oxygen atoms in total. The van der Waals surface area contributed by atoms with Crippen molar-refractivity contribution in [3.8, 4) is 0 Å². The van der Waals surface area contributed by atoms with Gasteiger partial charge >= 0.3 is 0 Å². The Bertz CT molecular complexity index is 235. The molecule has 0 aliphatic rings. The van der Waals surface area contributed by atoms with Gasteiger partial charge in [-0.2, -0.15) is 0 Å². The van der Waals surface area contributed by atoms with Crippen molar-refractivity contribution in [2.75, 3.05) is 0 Å². The second-order valence-corrected chi connectivity index (χ2v) is 4.08. The van der Waals surface area contributed by atoms with Crippen molar-refractivity contribution in [2.45, 2.75) is 5.03 Å². The van der Waals surface area contributed by atoms with E-state index in [9.17, 15) is 0 Å². The lowest BCUT2D eigenvalue weighted by Crippen LogP contribution is -1.85. The zero-order chi connectivity index (χ0) is 8.10. The molecule has 1 heterocycles. The molecule has 4 heteroatoms. The SMILES string of the molecule is C=C(N)SSc1ccccn1. The van der Waals surface area contributed by atoms with Gasteiger partial charge in [-0.05, 0) is 33.7 Å². The molecule has 0 spiro atoms. The van der Waals surface area contributed by atoms with E-state index in [0.717, 1.165) is 5.03 Å². The average Bonchev–Trinajstić information content (AvgIpc) is 2.03. The Morgan fingerprint density at radius 3 is 2.91 bits per heavy atom. The van der Waals surface area contributed by atoms with Crippen LogP contribution in [0.2, 0.25) is 0 Å². The first-order valence-corrected chi connectivity index (χ1v) is 5.14. The van der Waals surface area contributed by atoms with E-state index < -0.39 is 0 Å². The zero-order valence-electron chi connectivity index (χ0n) is 5.86. The van der Waals surface area contributed by atoms with Crippen LogP contribution in [0.25, 0.3) is 0 Å². The Kier molecular flexibility index (Phi) is 3.32. The maximum atomic E-state index is 5.36. The van der Waals surface area contributed by atoms with Crippen molar-refractivity contribution in [3.05, 3.63) is 36.0 Å². The quantitative estimate of drug-likeness (QED) is 0.731. The molecule has 1 rings (SSSR count). The molecular formula is C7H8N2S2. The summed E-state index contributed by atoms with van der Waals surface area (Å²) in [6.45, 7) is 3.56. The number of pyridine rings is 1. The molecule has 2 N–H and O–H groups in total. The van der Waals surface area contributed by atoms with Crippen LogP contribution in [0.4, 0.5) is 0 Å². The van der Waals surface area contributed by atoms with E-state index in [1.165, 1.54) is 21.6 Å². The third-order valence-corrected chi connectivity index (χ3v) is 2.99. The summed E-state index contributed by atoms with van der Waals surface area (Å²) >= 11 is 0. The van der Waals surface area contributed by atoms with Crippen LogP contribution >= 0.6 is 21.6 Å². The van der Waals surface area contributed by atoms with Gasteiger partial charge in [0.15, 0.2) is 0 Å². The van der Waals surface area contributed by atoms with E-state index in [0.29, 0.717) is 5.03 Å². The van der Waals surface area contributed by atoms with Crippen LogP contribution in [0, 0.1) is 0 Å². The molecule has 58 valence electrons. The molecule has 0 aliphatic heterocycles. The van der Waals surface area contributed by atoms with Gasteiger partial charge in [-0.15, -0.1) is 0 Å². The summed E-state index contributed by atoms with van der Waals surface area (Å²) in [5.41, 5.74) is 5.36. The molecule has 0 aliphatic carbocycles. The van der Waals surface area contributed by atoms with Crippen LogP contribution in [-0.2, 0) is 0 Å². The molecule has 0 unspecified atom stereocenters. The van der Waals surface area contributed by atoms with Crippen LogP contribution in [0.3, 0.4) is 0 Å². The lowest BCUT2D eigenvalue weighted by atomic mass is 10.5. The van der Waals surface area contributed by atoms with Gasteiger partial charge in [0.25, 0.3) is 0 Å². The van der Waals surface area contributed by atoms with Crippen LogP contribution in [0.15, 0.2) is 41.0 Å². The molecule has 0 atom stereocenters. The van der Waals surface area contributed by atoms with Gasteiger partial charge in [-0.3, -0.25) is 0 Å². The normalized spacial score (nSPS) is 9.45. The largest absolute Gasteiger partial charge is 0.393 e. The molecule has 0 amide bonds. The van der Waals surface area contributed by atoms with Crippen molar-refractivity contribution in [3.63, 3.8) is 0 Å². The summed E-state index contributed by atoms with van der Waals surface area (Å²) in [5.74, 6) is 0.